The zero-order chi connectivity index (χ0) is 21.1. The molecule has 1 aromatic heterocycles. The van der Waals surface area contributed by atoms with E-state index in [0.29, 0.717) is 36.8 Å². The maximum absolute atomic E-state index is 14.0. The van der Waals surface area contributed by atoms with Crippen molar-refractivity contribution in [2.45, 2.75) is 26.2 Å². The molecule has 1 unspecified atom stereocenters. The quantitative estimate of drug-likeness (QED) is 0.629. The van der Waals surface area contributed by atoms with E-state index in [-0.39, 0.29) is 17.6 Å². The minimum Gasteiger partial charge on any atom is -0.494 e. The molecule has 1 atom stereocenters. The summed E-state index contributed by atoms with van der Waals surface area (Å²) in [5.74, 6) is 0.794. The van der Waals surface area contributed by atoms with Crippen LogP contribution in [0.3, 0.4) is 0 Å². The van der Waals surface area contributed by atoms with Gasteiger partial charge in [-0.05, 0) is 49.4 Å². The van der Waals surface area contributed by atoms with E-state index in [1.54, 1.807) is 11.0 Å². The molecule has 1 aliphatic heterocycles. The van der Waals surface area contributed by atoms with E-state index >= 15 is 0 Å². The molecule has 7 heteroatoms. The molecule has 30 heavy (non-hydrogen) atoms. The van der Waals surface area contributed by atoms with Crippen molar-refractivity contribution < 1.29 is 18.4 Å². The molecule has 156 valence electrons. The molecule has 0 saturated carbocycles. The Bertz CT molecular complexity index is 1050. The maximum atomic E-state index is 14.0. The van der Waals surface area contributed by atoms with Crippen LogP contribution in [0.4, 0.5) is 4.39 Å². The fourth-order valence-corrected chi connectivity index (χ4v) is 3.92. The van der Waals surface area contributed by atoms with E-state index in [2.05, 4.69) is 10.1 Å². The Labute approximate surface area is 174 Å². The van der Waals surface area contributed by atoms with Crippen LogP contribution in [0.25, 0.3) is 11.4 Å². The van der Waals surface area contributed by atoms with Crippen molar-refractivity contribution >= 4 is 5.91 Å². The van der Waals surface area contributed by atoms with E-state index in [0.717, 1.165) is 24.0 Å². The summed E-state index contributed by atoms with van der Waals surface area (Å²) in [6.45, 7) is 3.24. The number of ether oxygens (including phenoxy) is 1. The Morgan fingerprint density at radius 2 is 2.13 bits per heavy atom. The molecule has 1 amide bonds. The number of nitrogens with zero attached hydrogens (tertiary/aromatic N) is 3. The highest BCUT2D eigenvalue weighted by Crippen LogP contribution is 2.25. The second-order valence-corrected chi connectivity index (χ2v) is 7.64. The monoisotopic (exact) mass is 409 g/mol. The zero-order valence-electron chi connectivity index (χ0n) is 17.1. The van der Waals surface area contributed by atoms with E-state index in [9.17, 15) is 9.18 Å². The van der Waals surface area contributed by atoms with Gasteiger partial charge in [0, 0.05) is 30.6 Å². The summed E-state index contributed by atoms with van der Waals surface area (Å²) in [5.41, 5.74) is 2.37. The topological polar surface area (TPSA) is 68.5 Å². The van der Waals surface area contributed by atoms with Crippen molar-refractivity contribution in [3.05, 3.63) is 65.3 Å². The molecule has 2 heterocycles. The summed E-state index contributed by atoms with van der Waals surface area (Å²) in [7, 11) is 1.40. The standard InChI is InChI=1S/C23H24FN3O3/c1-15-6-3-4-8-18(15)22-25-21(30-26-22)12-16-7-5-11-27(14-16)23(28)17-9-10-20(29-2)19(24)13-17/h3-4,6,8-10,13,16H,5,7,11-12,14H2,1-2H3. The average Bonchev–Trinajstić information content (AvgIpc) is 3.22. The van der Waals surface area contributed by atoms with Crippen molar-refractivity contribution in [1.29, 1.82) is 0 Å². The molecular formula is C23H24FN3O3. The van der Waals surface area contributed by atoms with Crippen molar-refractivity contribution in [2.24, 2.45) is 5.92 Å². The molecule has 0 aliphatic carbocycles. The van der Waals surface area contributed by atoms with Crippen LogP contribution in [0, 0.1) is 18.7 Å². The molecule has 0 spiro atoms. The van der Waals surface area contributed by atoms with Crippen LogP contribution in [0.2, 0.25) is 0 Å². The predicted molar refractivity (Wildman–Crippen MR) is 110 cm³/mol. The lowest BCUT2D eigenvalue weighted by Gasteiger charge is -2.32. The molecule has 1 fully saturated rings. The van der Waals surface area contributed by atoms with Gasteiger partial charge >= 0.3 is 0 Å². The van der Waals surface area contributed by atoms with Crippen LogP contribution in [0.1, 0.15) is 34.7 Å². The number of halogens is 1. The van der Waals surface area contributed by atoms with Crippen molar-refractivity contribution in [3.8, 4) is 17.1 Å². The molecule has 0 N–H and O–H groups in total. The third-order valence-electron chi connectivity index (χ3n) is 5.52. The largest absolute Gasteiger partial charge is 0.494 e. The van der Waals surface area contributed by atoms with Crippen molar-refractivity contribution in [1.82, 2.24) is 15.0 Å². The Morgan fingerprint density at radius 3 is 2.90 bits per heavy atom. The number of carbonyl (C=O) groups is 1. The number of rotatable bonds is 5. The number of amides is 1. The van der Waals surface area contributed by atoms with Crippen LogP contribution in [-0.4, -0.2) is 41.1 Å². The van der Waals surface area contributed by atoms with Gasteiger partial charge in [0.05, 0.1) is 7.11 Å². The first-order chi connectivity index (χ1) is 14.5. The number of piperidine rings is 1. The Balaban J connectivity index is 1.43. The highest BCUT2D eigenvalue weighted by Gasteiger charge is 2.27. The molecular weight excluding hydrogens is 385 g/mol. The van der Waals surface area contributed by atoms with Gasteiger partial charge in [0.25, 0.3) is 5.91 Å². The molecule has 2 aromatic carbocycles. The molecule has 0 radical (unpaired) electrons. The maximum Gasteiger partial charge on any atom is 0.253 e. The van der Waals surface area contributed by atoms with Crippen molar-refractivity contribution in [2.75, 3.05) is 20.2 Å². The van der Waals surface area contributed by atoms with Gasteiger partial charge in [-0.1, -0.05) is 29.4 Å². The average molecular weight is 409 g/mol. The van der Waals surface area contributed by atoms with Crippen LogP contribution in [0.5, 0.6) is 5.75 Å². The third-order valence-corrected chi connectivity index (χ3v) is 5.52. The summed E-state index contributed by atoms with van der Waals surface area (Å²) >= 11 is 0. The second kappa shape index (κ2) is 8.65. The first-order valence-corrected chi connectivity index (χ1v) is 10.1. The van der Waals surface area contributed by atoms with Crippen LogP contribution in [-0.2, 0) is 6.42 Å². The number of carbonyl (C=O) groups excluding carboxylic acids is 1. The van der Waals surface area contributed by atoms with E-state index in [1.165, 1.54) is 19.2 Å². The molecule has 1 saturated heterocycles. The lowest BCUT2D eigenvalue weighted by Crippen LogP contribution is -2.40. The lowest BCUT2D eigenvalue weighted by atomic mass is 9.94. The van der Waals surface area contributed by atoms with Gasteiger partial charge in [-0.2, -0.15) is 4.98 Å². The van der Waals surface area contributed by atoms with Gasteiger partial charge in [-0.25, -0.2) is 4.39 Å². The fourth-order valence-electron chi connectivity index (χ4n) is 3.92. The Morgan fingerprint density at radius 1 is 1.30 bits per heavy atom. The number of aromatic nitrogens is 2. The first kappa shape index (κ1) is 20.1. The van der Waals surface area contributed by atoms with E-state index in [4.69, 9.17) is 9.26 Å². The van der Waals surface area contributed by atoms with Gasteiger partial charge in [-0.15, -0.1) is 0 Å². The summed E-state index contributed by atoms with van der Waals surface area (Å²) in [6.07, 6.45) is 2.47. The van der Waals surface area contributed by atoms with Crippen molar-refractivity contribution in [3.63, 3.8) is 0 Å². The number of aryl methyl sites for hydroxylation is 1. The first-order valence-electron chi connectivity index (χ1n) is 10.1. The minimum absolute atomic E-state index is 0.129. The normalized spacial score (nSPS) is 16.5. The lowest BCUT2D eigenvalue weighted by molar-refractivity contribution is 0.0667. The highest BCUT2D eigenvalue weighted by atomic mass is 19.1. The molecule has 4 rings (SSSR count). The van der Waals surface area contributed by atoms with Crippen LogP contribution < -0.4 is 4.74 Å². The van der Waals surface area contributed by atoms with Crippen LogP contribution >= 0.6 is 0 Å². The van der Waals surface area contributed by atoms with E-state index in [1.807, 2.05) is 31.2 Å². The van der Waals surface area contributed by atoms with Gasteiger partial charge in [0.15, 0.2) is 11.6 Å². The molecule has 1 aliphatic rings. The SMILES string of the molecule is COc1ccc(C(=O)N2CCCC(Cc3nc(-c4ccccc4C)no3)C2)cc1F. The number of benzene rings is 2. The highest BCUT2D eigenvalue weighted by molar-refractivity contribution is 5.94. The zero-order valence-corrected chi connectivity index (χ0v) is 17.1. The minimum atomic E-state index is -0.536. The van der Waals surface area contributed by atoms with Gasteiger partial charge in [0.1, 0.15) is 0 Å². The second-order valence-electron chi connectivity index (χ2n) is 7.64. The predicted octanol–water partition coefficient (Wildman–Crippen LogP) is 4.29. The smallest absolute Gasteiger partial charge is 0.253 e. The Hall–Kier alpha value is -3.22. The van der Waals surface area contributed by atoms with Gasteiger partial charge in [-0.3, -0.25) is 4.79 Å². The third kappa shape index (κ3) is 4.20. The Kier molecular flexibility index (Phi) is 5.79. The number of methoxy groups -OCH3 is 1. The summed E-state index contributed by atoms with van der Waals surface area (Å²) in [5, 5.41) is 4.12. The summed E-state index contributed by atoms with van der Waals surface area (Å²) < 4.78 is 24.4. The number of hydrogen-bond donors (Lipinski definition) is 0. The van der Waals surface area contributed by atoms with E-state index < -0.39 is 5.82 Å². The van der Waals surface area contributed by atoms with Gasteiger partial charge < -0.3 is 14.2 Å². The molecule has 0 bridgehead atoms. The number of hydrogen-bond acceptors (Lipinski definition) is 5. The fraction of sp³-hybridized carbons (Fsp3) is 0.348. The summed E-state index contributed by atoms with van der Waals surface area (Å²) in [4.78, 5) is 19.2. The molecule has 3 aromatic rings. The summed E-state index contributed by atoms with van der Waals surface area (Å²) in [6, 6.07) is 12.2. The van der Waals surface area contributed by atoms with Gasteiger partial charge in [0.2, 0.25) is 11.7 Å². The molecule has 6 nitrogen and oxygen atoms in total. The van der Waals surface area contributed by atoms with Crippen LogP contribution in [0.15, 0.2) is 47.0 Å². The number of likely N-dealkylation sites (tertiary alicyclic amines) is 1.